The number of hydrogen-bond donors (Lipinski definition) is 1. The number of alkyl halides is 1. The van der Waals surface area contributed by atoms with Crippen molar-refractivity contribution in [3.05, 3.63) is 0 Å². The van der Waals surface area contributed by atoms with Crippen LogP contribution in [0.3, 0.4) is 0 Å². The first kappa shape index (κ1) is 11.3. The summed E-state index contributed by atoms with van der Waals surface area (Å²) in [4.78, 5) is 2.44. The quantitative estimate of drug-likeness (QED) is 0.754. The summed E-state index contributed by atoms with van der Waals surface area (Å²) in [5.74, 6) is 0.794. The van der Waals surface area contributed by atoms with Gasteiger partial charge in [-0.2, -0.15) is 0 Å². The molecular weight excluding hydrogens is 191 g/mol. The third kappa shape index (κ3) is 3.42. The second-order valence-corrected chi connectivity index (χ2v) is 5.43. The van der Waals surface area contributed by atoms with E-state index in [-0.39, 0.29) is 0 Å². The molecule has 0 spiro atoms. The van der Waals surface area contributed by atoms with Crippen molar-refractivity contribution >= 4 is 0 Å². The lowest BCUT2D eigenvalue weighted by molar-refractivity contribution is 0.0635. The van der Waals surface area contributed by atoms with Crippen LogP contribution in [0.4, 0.5) is 4.39 Å². The van der Waals surface area contributed by atoms with Gasteiger partial charge in [0, 0.05) is 19.6 Å². The highest BCUT2D eigenvalue weighted by Crippen LogP contribution is 2.26. The van der Waals surface area contributed by atoms with Crippen LogP contribution in [0.5, 0.6) is 0 Å². The molecule has 1 N–H and O–H groups in total. The van der Waals surface area contributed by atoms with Crippen molar-refractivity contribution < 1.29 is 4.39 Å². The lowest BCUT2D eigenvalue weighted by Gasteiger charge is -2.37. The maximum atomic E-state index is 13.6. The van der Waals surface area contributed by atoms with Crippen LogP contribution in [0.1, 0.15) is 32.6 Å². The zero-order valence-electron chi connectivity index (χ0n) is 9.77. The van der Waals surface area contributed by atoms with Crippen molar-refractivity contribution in [2.45, 2.75) is 38.3 Å². The van der Waals surface area contributed by atoms with Crippen LogP contribution in [0, 0.1) is 5.92 Å². The zero-order chi connectivity index (χ0) is 10.7. The highest BCUT2D eigenvalue weighted by Gasteiger charge is 2.30. The van der Waals surface area contributed by atoms with E-state index in [0.29, 0.717) is 12.8 Å². The Balaban J connectivity index is 1.71. The van der Waals surface area contributed by atoms with Crippen molar-refractivity contribution in [2.24, 2.45) is 5.92 Å². The molecule has 88 valence electrons. The fraction of sp³-hybridized carbons (Fsp3) is 1.00. The Morgan fingerprint density at radius 2 is 2.13 bits per heavy atom. The van der Waals surface area contributed by atoms with Gasteiger partial charge >= 0.3 is 0 Å². The number of piperidine rings is 2. The number of halogens is 1. The minimum Gasteiger partial charge on any atom is -0.316 e. The molecule has 0 saturated carbocycles. The highest BCUT2D eigenvalue weighted by molar-refractivity contribution is 4.83. The van der Waals surface area contributed by atoms with Gasteiger partial charge in [0.05, 0.1) is 0 Å². The predicted octanol–water partition coefficient (Wildman–Crippen LogP) is 1.81. The topological polar surface area (TPSA) is 15.3 Å². The number of hydrogen-bond acceptors (Lipinski definition) is 2. The van der Waals surface area contributed by atoms with Crippen molar-refractivity contribution in [1.82, 2.24) is 10.2 Å². The summed E-state index contributed by atoms with van der Waals surface area (Å²) < 4.78 is 13.6. The standard InChI is InChI=1S/C12H23FN2/c1-12(13)4-7-15(8-5-12)10-11-3-2-6-14-9-11/h11,14H,2-10H2,1H3. The van der Waals surface area contributed by atoms with Gasteiger partial charge in [-0.15, -0.1) is 0 Å². The van der Waals surface area contributed by atoms with E-state index >= 15 is 0 Å². The maximum Gasteiger partial charge on any atom is 0.110 e. The maximum absolute atomic E-state index is 13.6. The minimum absolute atomic E-state index is 0.715. The summed E-state index contributed by atoms with van der Waals surface area (Å²) in [6.07, 6.45) is 4.08. The van der Waals surface area contributed by atoms with E-state index < -0.39 is 5.67 Å². The Bertz CT molecular complexity index is 190. The molecule has 15 heavy (non-hydrogen) atoms. The second kappa shape index (κ2) is 4.79. The Hall–Kier alpha value is -0.150. The van der Waals surface area contributed by atoms with Gasteiger partial charge in [0.2, 0.25) is 0 Å². The van der Waals surface area contributed by atoms with Gasteiger partial charge in [0.1, 0.15) is 5.67 Å². The summed E-state index contributed by atoms with van der Waals surface area (Å²) >= 11 is 0. The van der Waals surface area contributed by atoms with E-state index in [4.69, 9.17) is 0 Å². The van der Waals surface area contributed by atoms with E-state index in [2.05, 4.69) is 10.2 Å². The predicted molar refractivity (Wildman–Crippen MR) is 60.8 cm³/mol. The molecule has 3 heteroatoms. The van der Waals surface area contributed by atoms with Crippen LogP contribution in [-0.2, 0) is 0 Å². The molecule has 2 saturated heterocycles. The van der Waals surface area contributed by atoms with E-state index in [1.165, 1.54) is 25.9 Å². The van der Waals surface area contributed by atoms with Crippen molar-refractivity contribution in [3.8, 4) is 0 Å². The van der Waals surface area contributed by atoms with Gasteiger partial charge in [0.15, 0.2) is 0 Å². The molecule has 0 amide bonds. The van der Waals surface area contributed by atoms with Gasteiger partial charge in [-0.25, -0.2) is 4.39 Å². The minimum atomic E-state index is -0.901. The van der Waals surface area contributed by atoms with E-state index in [1.54, 1.807) is 6.92 Å². The van der Waals surface area contributed by atoms with Crippen molar-refractivity contribution in [2.75, 3.05) is 32.7 Å². The molecule has 2 aliphatic rings. The fourth-order valence-electron chi connectivity index (χ4n) is 2.65. The summed E-state index contributed by atoms with van der Waals surface area (Å²) in [5, 5.41) is 3.44. The SMILES string of the molecule is CC1(F)CCN(CC2CCCNC2)CC1. The molecular formula is C12H23FN2. The Kier molecular flexibility index (Phi) is 3.62. The number of nitrogens with one attached hydrogen (secondary N) is 1. The summed E-state index contributed by atoms with van der Waals surface area (Å²) in [6, 6.07) is 0. The van der Waals surface area contributed by atoms with Crippen LogP contribution < -0.4 is 5.32 Å². The van der Waals surface area contributed by atoms with Crippen LogP contribution in [0.15, 0.2) is 0 Å². The first-order valence-electron chi connectivity index (χ1n) is 6.28. The molecule has 1 unspecified atom stereocenters. The Morgan fingerprint density at radius 3 is 2.73 bits per heavy atom. The molecule has 2 aliphatic heterocycles. The average molecular weight is 214 g/mol. The van der Waals surface area contributed by atoms with Gasteiger partial charge in [-0.3, -0.25) is 0 Å². The van der Waals surface area contributed by atoms with Crippen molar-refractivity contribution in [1.29, 1.82) is 0 Å². The molecule has 0 aromatic rings. The van der Waals surface area contributed by atoms with E-state index in [0.717, 1.165) is 25.6 Å². The fourth-order valence-corrected chi connectivity index (χ4v) is 2.65. The monoisotopic (exact) mass is 214 g/mol. The molecule has 0 aromatic carbocycles. The Labute approximate surface area is 92.2 Å². The number of nitrogens with zero attached hydrogens (tertiary/aromatic N) is 1. The third-order valence-electron chi connectivity index (χ3n) is 3.81. The molecule has 2 nitrogen and oxygen atoms in total. The van der Waals surface area contributed by atoms with E-state index in [9.17, 15) is 4.39 Å². The van der Waals surface area contributed by atoms with Gasteiger partial charge in [0.25, 0.3) is 0 Å². The molecule has 1 atom stereocenters. The molecule has 2 fully saturated rings. The summed E-state index contributed by atoms with van der Waals surface area (Å²) in [7, 11) is 0. The molecule has 2 rings (SSSR count). The largest absolute Gasteiger partial charge is 0.316 e. The third-order valence-corrected chi connectivity index (χ3v) is 3.81. The van der Waals surface area contributed by atoms with Crippen LogP contribution in [-0.4, -0.2) is 43.3 Å². The second-order valence-electron chi connectivity index (χ2n) is 5.43. The molecule has 2 heterocycles. The first-order chi connectivity index (χ1) is 7.16. The molecule has 0 bridgehead atoms. The van der Waals surface area contributed by atoms with Crippen LogP contribution in [0.25, 0.3) is 0 Å². The van der Waals surface area contributed by atoms with Gasteiger partial charge in [-0.1, -0.05) is 0 Å². The Morgan fingerprint density at radius 1 is 1.40 bits per heavy atom. The lowest BCUT2D eigenvalue weighted by atomic mass is 9.93. The highest BCUT2D eigenvalue weighted by atomic mass is 19.1. The molecule has 0 aliphatic carbocycles. The first-order valence-corrected chi connectivity index (χ1v) is 6.28. The van der Waals surface area contributed by atoms with Crippen molar-refractivity contribution in [3.63, 3.8) is 0 Å². The summed E-state index contributed by atoms with van der Waals surface area (Å²) in [5.41, 5.74) is -0.901. The summed E-state index contributed by atoms with van der Waals surface area (Å²) in [6.45, 7) is 7.14. The zero-order valence-corrected chi connectivity index (χ0v) is 9.77. The smallest absolute Gasteiger partial charge is 0.110 e. The number of rotatable bonds is 2. The average Bonchev–Trinajstić information content (AvgIpc) is 2.23. The number of likely N-dealkylation sites (tertiary alicyclic amines) is 1. The normalized spacial score (nSPS) is 32.8. The van der Waals surface area contributed by atoms with Gasteiger partial charge in [-0.05, 0) is 51.6 Å². The molecule has 0 radical (unpaired) electrons. The lowest BCUT2D eigenvalue weighted by Crippen LogP contribution is -2.44. The molecule has 0 aromatic heterocycles. The van der Waals surface area contributed by atoms with E-state index in [1.807, 2.05) is 0 Å². The van der Waals surface area contributed by atoms with Gasteiger partial charge < -0.3 is 10.2 Å². The van der Waals surface area contributed by atoms with Crippen LogP contribution in [0.2, 0.25) is 0 Å². The van der Waals surface area contributed by atoms with Crippen LogP contribution >= 0.6 is 0 Å².